The van der Waals surface area contributed by atoms with Crippen molar-refractivity contribution in [2.75, 3.05) is 11.9 Å². The molecule has 0 radical (unpaired) electrons. The first-order chi connectivity index (χ1) is 24.5. The van der Waals surface area contributed by atoms with Crippen LogP contribution in [0.4, 0.5) is 10.5 Å². The van der Waals surface area contributed by atoms with E-state index in [-0.39, 0.29) is 48.4 Å². The number of hydrogen-bond donors (Lipinski definition) is 2. The molecule has 0 spiro atoms. The van der Waals surface area contributed by atoms with Crippen molar-refractivity contribution in [3.8, 4) is 17.1 Å². The van der Waals surface area contributed by atoms with Crippen molar-refractivity contribution in [3.63, 3.8) is 0 Å². The molecule has 2 amide bonds. The number of halogens is 1. The molecule has 4 aromatic rings. The van der Waals surface area contributed by atoms with Gasteiger partial charge >= 0.3 is 12.1 Å². The molecule has 2 aromatic heterocycles. The van der Waals surface area contributed by atoms with Crippen LogP contribution < -0.4 is 15.6 Å². The third kappa shape index (κ3) is 7.30. The van der Waals surface area contributed by atoms with Crippen LogP contribution >= 0.6 is 23.0 Å². The Kier molecular flexibility index (Phi) is 10.9. The Morgan fingerprint density at radius 3 is 2.65 bits per heavy atom. The molecule has 2 atom stereocenters. The lowest BCUT2D eigenvalue weighted by molar-refractivity contribution is -0.157. The van der Waals surface area contributed by atoms with Crippen molar-refractivity contribution < 1.29 is 36.8 Å². The van der Waals surface area contributed by atoms with Crippen molar-refractivity contribution in [3.05, 3.63) is 86.7 Å². The van der Waals surface area contributed by atoms with Crippen LogP contribution in [-0.4, -0.2) is 56.4 Å². The zero-order valence-electron chi connectivity index (χ0n) is 28.7. The van der Waals surface area contributed by atoms with E-state index in [1.165, 1.54) is 0 Å². The van der Waals surface area contributed by atoms with Crippen LogP contribution in [0.2, 0.25) is 0 Å². The number of carbonyl (C=O) groups is 3. The van der Waals surface area contributed by atoms with Crippen LogP contribution in [0.1, 0.15) is 74.5 Å². The number of amides is 2. The highest BCUT2D eigenvalue weighted by Gasteiger charge is 2.35. The lowest BCUT2D eigenvalue weighted by Gasteiger charge is -2.27. The van der Waals surface area contributed by atoms with Gasteiger partial charge < -0.3 is 34.1 Å². The second-order valence-corrected chi connectivity index (χ2v) is 13.2. The topological polar surface area (TPSA) is 159 Å². The summed E-state index contributed by atoms with van der Waals surface area (Å²) in [4.78, 5) is 58.0. The zero-order chi connectivity index (χ0) is 36.4. The molecule has 0 saturated heterocycles. The normalized spacial score (nSPS) is 15.1. The SMILES string of the molecule is CCC(=O)Nc1ccc(COC(=O)N(CCc2c3c(nc4ccccc24)-c2cc4c(c(=O)n2C3)COC(=O)C4O)C(C)C)cc1OC(CC)OI. The number of anilines is 1. The average molecular weight is 811 g/mol. The zero-order valence-corrected chi connectivity index (χ0v) is 30.9. The van der Waals surface area contributed by atoms with Gasteiger partial charge in [0.05, 0.1) is 34.7 Å². The van der Waals surface area contributed by atoms with Crippen molar-refractivity contribution in [1.82, 2.24) is 14.5 Å². The number of benzene rings is 2. The molecule has 14 heteroatoms. The number of cyclic esters (lactones) is 1. The number of ether oxygens (including phenoxy) is 3. The minimum absolute atomic E-state index is 0.0309. The molecule has 2 aliphatic heterocycles. The van der Waals surface area contributed by atoms with E-state index in [0.29, 0.717) is 54.2 Å². The molecule has 2 N–H and O–H groups in total. The third-order valence-electron chi connectivity index (χ3n) is 9.14. The summed E-state index contributed by atoms with van der Waals surface area (Å²) in [6.07, 6.45) is -1.25. The van der Waals surface area contributed by atoms with E-state index in [1.54, 1.807) is 63.7 Å². The van der Waals surface area contributed by atoms with E-state index in [4.69, 9.17) is 22.3 Å². The van der Waals surface area contributed by atoms with E-state index < -0.39 is 24.5 Å². The maximum atomic E-state index is 13.6. The summed E-state index contributed by atoms with van der Waals surface area (Å²) < 4.78 is 23.8. The van der Waals surface area contributed by atoms with Crippen molar-refractivity contribution in [2.24, 2.45) is 0 Å². The van der Waals surface area contributed by atoms with Gasteiger partial charge in [-0.15, -0.1) is 0 Å². The average Bonchev–Trinajstić information content (AvgIpc) is 3.50. The Hall–Kier alpha value is -4.54. The summed E-state index contributed by atoms with van der Waals surface area (Å²) in [6.45, 7) is 7.84. The molecule has 4 heterocycles. The summed E-state index contributed by atoms with van der Waals surface area (Å²) in [7, 11) is 0. The number of aliphatic hydroxyl groups is 1. The number of esters is 1. The summed E-state index contributed by atoms with van der Waals surface area (Å²) in [5, 5.41) is 14.3. The van der Waals surface area contributed by atoms with E-state index in [1.807, 2.05) is 45.0 Å². The maximum Gasteiger partial charge on any atom is 0.410 e. The first-order valence-electron chi connectivity index (χ1n) is 16.9. The van der Waals surface area contributed by atoms with Gasteiger partial charge in [-0.1, -0.05) is 38.1 Å². The van der Waals surface area contributed by atoms with Gasteiger partial charge in [0.2, 0.25) is 12.2 Å². The Morgan fingerprint density at radius 2 is 1.92 bits per heavy atom. The number of aromatic nitrogens is 2. The van der Waals surface area contributed by atoms with Crippen molar-refractivity contribution in [1.29, 1.82) is 0 Å². The molecule has 0 saturated carbocycles. The minimum Gasteiger partial charge on any atom is -0.462 e. The smallest absolute Gasteiger partial charge is 0.410 e. The molecular weight excluding hydrogens is 771 g/mol. The minimum atomic E-state index is -1.54. The van der Waals surface area contributed by atoms with Crippen LogP contribution in [0, 0.1) is 0 Å². The molecule has 268 valence electrons. The number of nitrogens with zero attached hydrogens (tertiary/aromatic N) is 3. The maximum absolute atomic E-state index is 13.6. The van der Waals surface area contributed by atoms with Gasteiger partial charge in [0, 0.05) is 41.9 Å². The van der Waals surface area contributed by atoms with Gasteiger partial charge in [-0.05, 0) is 55.7 Å². The second kappa shape index (κ2) is 15.4. The molecule has 0 fully saturated rings. The van der Waals surface area contributed by atoms with Crippen LogP contribution in [0.25, 0.3) is 22.3 Å². The molecule has 2 aromatic carbocycles. The van der Waals surface area contributed by atoms with Gasteiger partial charge in [-0.2, -0.15) is 0 Å². The summed E-state index contributed by atoms with van der Waals surface area (Å²) in [5.41, 5.74) is 4.94. The molecule has 51 heavy (non-hydrogen) atoms. The van der Waals surface area contributed by atoms with Crippen LogP contribution in [0.3, 0.4) is 0 Å². The fourth-order valence-corrected chi connectivity index (χ4v) is 6.83. The lowest BCUT2D eigenvalue weighted by atomic mass is 9.97. The van der Waals surface area contributed by atoms with E-state index >= 15 is 0 Å². The van der Waals surface area contributed by atoms with E-state index in [9.17, 15) is 24.3 Å². The standard InChI is InChI=1S/C37H39IN4O9/c1-5-31(43)39-28-12-11-21(15-30(28)50-32(6-2)51-38)18-49-37(47)41(20(3)4)14-13-22-23-9-7-8-10-27(23)40-33-25(22)17-42-29(33)16-24-26(35(42)45)19-48-36(46)34(24)44/h7-12,15-16,20,32,34,44H,5-6,13-14,17-19H2,1-4H3,(H,39,43). The number of para-hydroxylation sites is 1. The predicted molar refractivity (Wildman–Crippen MR) is 196 cm³/mol. The van der Waals surface area contributed by atoms with Gasteiger partial charge in [0.15, 0.2) is 6.10 Å². The highest BCUT2D eigenvalue weighted by molar-refractivity contribution is 14.1. The first-order valence-corrected chi connectivity index (χ1v) is 17.7. The number of rotatable bonds is 12. The van der Waals surface area contributed by atoms with E-state index in [2.05, 4.69) is 5.32 Å². The van der Waals surface area contributed by atoms with Gasteiger partial charge in [0.1, 0.15) is 42.0 Å². The number of hydrogen-bond acceptors (Lipinski definition) is 10. The van der Waals surface area contributed by atoms with Gasteiger partial charge in [-0.25, -0.2) is 14.6 Å². The molecule has 2 unspecified atom stereocenters. The van der Waals surface area contributed by atoms with Crippen LogP contribution in [-0.2, 0) is 48.3 Å². The molecule has 2 aliphatic rings. The molecule has 6 rings (SSSR count). The van der Waals surface area contributed by atoms with Crippen molar-refractivity contribution in [2.45, 2.75) is 85.2 Å². The second-order valence-electron chi connectivity index (χ2n) is 12.7. The summed E-state index contributed by atoms with van der Waals surface area (Å²) >= 11 is 1.77. The predicted octanol–water partition coefficient (Wildman–Crippen LogP) is 5.94. The van der Waals surface area contributed by atoms with Gasteiger partial charge in [0.25, 0.3) is 5.56 Å². The largest absolute Gasteiger partial charge is 0.462 e. The Balaban J connectivity index is 1.24. The Labute approximate surface area is 308 Å². The Bertz CT molecular complexity index is 2060. The fourth-order valence-electron chi connectivity index (χ4n) is 6.37. The monoisotopic (exact) mass is 810 g/mol. The van der Waals surface area contributed by atoms with E-state index in [0.717, 1.165) is 22.0 Å². The highest BCUT2D eigenvalue weighted by Crippen LogP contribution is 2.38. The van der Waals surface area contributed by atoms with Gasteiger partial charge in [-0.3, -0.25) is 12.7 Å². The summed E-state index contributed by atoms with van der Waals surface area (Å²) in [5.74, 6) is -0.551. The van der Waals surface area contributed by atoms with Crippen LogP contribution in [0.5, 0.6) is 5.75 Å². The van der Waals surface area contributed by atoms with Crippen LogP contribution in [0.15, 0.2) is 53.3 Å². The molecular formula is C37H39IN4O9. The third-order valence-corrected chi connectivity index (χ3v) is 9.70. The number of fused-ring (bicyclic) bond motifs is 5. The summed E-state index contributed by atoms with van der Waals surface area (Å²) in [6, 6.07) is 14.3. The number of aliphatic hydroxyl groups excluding tert-OH is 1. The highest BCUT2D eigenvalue weighted by atomic mass is 127. The Morgan fingerprint density at radius 1 is 1.14 bits per heavy atom. The van der Waals surface area contributed by atoms with Crippen molar-refractivity contribution >= 4 is 57.6 Å². The molecule has 0 aliphatic carbocycles. The first kappa shape index (κ1) is 36.3. The number of nitrogens with one attached hydrogen (secondary N) is 1. The number of carbonyl (C=O) groups excluding carboxylic acids is 3. The number of pyridine rings is 2. The molecule has 0 bridgehead atoms. The molecule has 13 nitrogen and oxygen atoms in total. The fraction of sp³-hybridized carbons (Fsp3) is 0.378. The quantitative estimate of drug-likeness (QED) is 0.0879. The lowest BCUT2D eigenvalue weighted by Crippen LogP contribution is -2.39.